The summed E-state index contributed by atoms with van der Waals surface area (Å²) >= 11 is 1.31. The van der Waals surface area contributed by atoms with E-state index in [9.17, 15) is 9.18 Å². The Kier molecular flexibility index (Phi) is 5.63. The van der Waals surface area contributed by atoms with Crippen LogP contribution >= 0.6 is 11.3 Å². The first-order valence-electron chi connectivity index (χ1n) is 8.32. The molecule has 0 spiro atoms. The minimum absolute atomic E-state index is 0.0941. The lowest BCUT2D eigenvalue weighted by molar-refractivity contribution is 0.168. The van der Waals surface area contributed by atoms with Gasteiger partial charge < -0.3 is 4.74 Å². The zero-order chi connectivity index (χ0) is 18.5. The number of ether oxygens (including phenoxy) is 1. The van der Waals surface area contributed by atoms with Gasteiger partial charge in [0, 0.05) is 16.9 Å². The van der Waals surface area contributed by atoms with Gasteiger partial charge in [0.05, 0.1) is 12.3 Å². The van der Waals surface area contributed by atoms with Crippen molar-refractivity contribution in [1.29, 1.82) is 0 Å². The van der Waals surface area contributed by atoms with Gasteiger partial charge in [0.2, 0.25) is 0 Å². The lowest BCUT2D eigenvalue weighted by Gasteiger charge is -2.11. The standard InChI is InChI=1S/C20H19FN2O2S/c1-3-25-20(24)23-19-22-18(12-26-19)13(2)15-9-10-16(17(21)11-15)14-7-5-4-6-8-14/h4-13H,3H2,1-2H3,(H,22,23,24). The minimum atomic E-state index is -0.528. The van der Waals surface area contributed by atoms with Gasteiger partial charge in [0.1, 0.15) is 5.82 Å². The van der Waals surface area contributed by atoms with Crippen LogP contribution < -0.4 is 5.32 Å². The Balaban J connectivity index is 1.78. The maximum atomic E-state index is 14.6. The van der Waals surface area contributed by atoms with Gasteiger partial charge in [0.25, 0.3) is 0 Å². The third-order valence-corrected chi connectivity index (χ3v) is 4.80. The Morgan fingerprint density at radius 1 is 1.27 bits per heavy atom. The van der Waals surface area contributed by atoms with E-state index in [0.29, 0.717) is 17.3 Å². The van der Waals surface area contributed by atoms with Crippen molar-refractivity contribution in [2.45, 2.75) is 19.8 Å². The second-order valence-electron chi connectivity index (χ2n) is 5.75. The number of hydrogen-bond donors (Lipinski definition) is 1. The third-order valence-electron chi connectivity index (χ3n) is 4.03. The number of halogens is 1. The molecule has 134 valence electrons. The van der Waals surface area contributed by atoms with Gasteiger partial charge in [-0.1, -0.05) is 49.4 Å². The van der Waals surface area contributed by atoms with E-state index in [1.165, 1.54) is 11.3 Å². The van der Waals surface area contributed by atoms with Crippen LogP contribution in [0, 0.1) is 5.82 Å². The molecule has 0 fully saturated rings. The summed E-state index contributed by atoms with van der Waals surface area (Å²) in [6.07, 6.45) is -0.528. The van der Waals surface area contributed by atoms with Gasteiger partial charge in [-0.15, -0.1) is 11.3 Å². The van der Waals surface area contributed by atoms with Gasteiger partial charge >= 0.3 is 6.09 Å². The highest BCUT2D eigenvalue weighted by molar-refractivity contribution is 7.13. The number of nitrogens with one attached hydrogen (secondary N) is 1. The van der Waals surface area contributed by atoms with Gasteiger partial charge in [-0.05, 0) is 24.1 Å². The highest BCUT2D eigenvalue weighted by Crippen LogP contribution is 2.31. The maximum Gasteiger partial charge on any atom is 0.413 e. The van der Waals surface area contributed by atoms with Gasteiger partial charge in [-0.2, -0.15) is 0 Å². The molecule has 1 N–H and O–H groups in total. The van der Waals surface area contributed by atoms with Crippen molar-refractivity contribution < 1.29 is 13.9 Å². The molecule has 3 aromatic rings. The van der Waals surface area contributed by atoms with E-state index >= 15 is 0 Å². The van der Waals surface area contributed by atoms with Crippen molar-refractivity contribution in [2.24, 2.45) is 0 Å². The van der Waals surface area contributed by atoms with Crippen LogP contribution in [-0.2, 0) is 4.74 Å². The molecular weight excluding hydrogens is 351 g/mol. The van der Waals surface area contributed by atoms with Crippen LogP contribution in [0.2, 0.25) is 0 Å². The van der Waals surface area contributed by atoms with E-state index < -0.39 is 6.09 Å². The molecule has 0 saturated heterocycles. The normalized spacial score (nSPS) is 11.8. The third kappa shape index (κ3) is 4.08. The molecular formula is C20H19FN2O2S. The topological polar surface area (TPSA) is 51.2 Å². The highest BCUT2D eigenvalue weighted by atomic mass is 32.1. The monoisotopic (exact) mass is 370 g/mol. The van der Waals surface area contributed by atoms with Gasteiger partial charge in [-0.25, -0.2) is 14.2 Å². The Bertz CT molecular complexity index is 896. The molecule has 1 aromatic heterocycles. The summed E-state index contributed by atoms with van der Waals surface area (Å²) in [7, 11) is 0. The summed E-state index contributed by atoms with van der Waals surface area (Å²) in [5.41, 5.74) is 3.02. The largest absolute Gasteiger partial charge is 0.450 e. The number of anilines is 1. The highest BCUT2D eigenvalue weighted by Gasteiger charge is 2.16. The van der Waals surface area contributed by atoms with Crippen molar-refractivity contribution >= 4 is 22.6 Å². The number of benzene rings is 2. The maximum absolute atomic E-state index is 14.6. The zero-order valence-corrected chi connectivity index (χ0v) is 15.3. The molecule has 1 unspecified atom stereocenters. The second kappa shape index (κ2) is 8.10. The average molecular weight is 370 g/mol. The molecule has 0 saturated carbocycles. The smallest absolute Gasteiger partial charge is 0.413 e. The molecule has 0 aliphatic rings. The van der Waals surface area contributed by atoms with E-state index in [-0.39, 0.29) is 11.7 Å². The number of hydrogen-bond acceptors (Lipinski definition) is 4. The number of carbonyl (C=O) groups is 1. The molecule has 0 aliphatic carbocycles. The minimum Gasteiger partial charge on any atom is -0.450 e. The Morgan fingerprint density at radius 2 is 2.04 bits per heavy atom. The first kappa shape index (κ1) is 18.1. The average Bonchev–Trinajstić information content (AvgIpc) is 3.10. The molecule has 6 heteroatoms. The molecule has 1 atom stereocenters. The van der Waals surface area contributed by atoms with Crippen molar-refractivity contribution in [3.63, 3.8) is 0 Å². The van der Waals surface area contributed by atoms with E-state index in [1.807, 2.05) is 48.7 Å². The Labute approximate surface area is 155 Å². The molecule has 0 aliphatic heterocycles. The van der Waals surface area contributed by atoms with Crippen LogP contribution in [0.5, 0.6) is 0 Å². The lowest BCUT2D eigenvalue weighted by Crippen LogP contribution is -2.13. The zero-order valence-electron chi connectivity index (χ0n) is 14.5. The number of nitrogens with zero attached hydrogens (tertiary/aromatic N) is 1. The van der Waals surface area contributed by atoms with Crippen molar-refractivity contribution in [3.8, 4) is 11.1 Å². The Morgan fingerprint density at radius 3 is 2.73 bits per heavy atom. The van der Waals surface area contributed by atoms with E-state index in [0.717, 1.165) is 16.8 Å². The van der Waals surface area contributed by atoms with Crippen LogP contribution in [-0.4, -0.2) is 17.7 Å². The molecule has 4 nitrogen and oxygen atoms in total. The predicted molar refractivity (Wildman–Crippen MR) is 102 cm³/mol. The van der Waals surface area contributed by atoms with Crippen LogP contribution in [0.3, 0.4) is 0 Å². The molecule has 1 heterocycles. The summed E-state index contributed by atoms with van der Waals surface area (Å²) in [5.74, 6) is -0.357. The Hall–Kier alpha value is -2.73. The summed E-state index contributed by atoms with van der Waals surface area (Å²) in [6.45, 7) is 4.00. The summed E-state index contributed by atoms with van der Waals surface area (Å²) in [4.78, 5) is 15.9. The SMILES string of the molecule is CCOC(=O)Nc1nc(C(C)c2ccc(-c3ccccc3)c(F)c2)cs1. The van der Waals surface area contributed by atoms with Gasteiger partial charge in [-0.3, -0.25) is 5.32 Å². The van der Waals surface area contributed by atoms with E-state index in [1.54, 1.807) is 19.1 Å². The summed E-state index contributed by atoms with van der Waals surface area (Å²) in [5, 5.41) is 4.90. The molecule has 3 rings (SSSR count). The number of rotatable bonds is 5. The van der Waals surface area contributed by atoms with Gasteiger partial charge in [0.15, 0.2) is 5.13 Å². The van der Waals surface area contributed by atoms with Crippen LogP contribution in [0.4, 0.5) is 14.3 Å². The second-order valence-corrected chi connectivity index (χ2v) is 6.61. The fraction of sp³-hybridized carbons (Fsp3) is 0.200. The molecule has 26 heavy (non-hydrogen) atoms. The number of aromatic nitrogens is 1. The van der Waals surface area contributed by atoms with Crippen molar-refractivity contribution in [2.75, 3.05) is 11.9 Å². The first-order valence-corrected chi connectivity index (χ1v) is 9.20. The number of thiazole rings is 1. The molecule has 2 aromatic carbocycles. The first-order chi connectivity index (χ1) is 12.6. The fourth-order valence-electron chi connectivity index (χ4n) is 2.62. The predicted octanol–water partition coefficient (Wildman–Crippen LogP) is 5.67. The van der Waals surface area contributed by atoms with Crippen LogP contribution in [0.1, 0.15) is 31.0 Å². The summed E-state index contributed by atoms with van der Waals surface area (Å²) in [6, 6.07) is 14.7. The lowest BCUT2D eigenvalue weighted by atomic mass is 9.95. The van der Waals surface area contributed by atoms with Crippen molar-refractivity contribution in [3.05, 3.63) is 71.0 Å². The number of carbonyl (C=O) groups excluding carboxylic acids is 1. The summed E-state index contributed by atoms with van der Waals surface area (Å²) < 4.78 is 19.4. The fourth-order valence-corrected chi connectivity index (χ4v) is 3.41. The number of amides is 1. The quantitative estimate of drug-likeness (QED) is 0.629. The van der Waals surface area contributed by atoms with Crippen molar-refractivity contribution in [1.82, 2.24) is 4.98 Å². The van der Waals surface area contributed by atoms with E-state index in [2.05, 4.69) is 10.3 Å². The van der Waals surface area contributed by atoms with E-state index in [4.69, 9.17) is 4.74 Å². The molecule has 0 radical (unpaired) electrons. The molecule has 1 amide bonds. The van der Waals surface area contributed by atoms with Crippen LogP contribution in [0.15, 0.2) is 53.9 Å². The van der Waals surface area contributed by atoms with Crippen LogP contribution in [0.25, 0.3) is 11.1 Å². The molecule has 0 bridgehead atoms.